The number of benzene rings is 1. The Morgan fingerprint density at radius 2 is 1.79 bits per heavy atom. The van der Waals surface area contributed by atoms with Crippen LogP contribution in [0.2, 0.25) is 0 Å². The van der Waals surface area contributed by atoms with Crippen LogP contribution in [0.5, 0.6) is 0 Å². The highest BCUT2D eigenvalue weighted by atomic mass is 16.2. The first-order valence-electron chi connectivity index (χ1n) is 6.83. The third-order valence-electron chi connectivity index (χ3n) is 3.50. The molecule has 1 aromatic rings. The van der Waals surface area contributed by atoms with Crippen LogP contribution in [0, 0.1) is 5.41 Å². The van der Waals surface area contributed by atoms with Crippen LogP contribution in [0.4, 0.5) is 5.69 Å². The summed E-state index contributed by atoms with van der Waals surface area (Å²) in [5.74, 6) is 0.610. The van der Waals surface area contributed by atoms with Crippen molar-refractivity contribution in [1.82, 2.24) is 0 Å². The molecule has 106 valence electrons. The lowest BCUT2D eigenvalue weighted by molar-refractivity contribution is -0.120. The molecule has 0 fully saturated rings. The van der Waals surface area contributed by atoms with Gasteiger partial charge in [-0.2, -0.15) is 0 Å². The van der Waals surface area contributed by atoms with E-state index in [1.807, 2.05) is 33.0 Å². The van der Waals surface area contributed by atoms with Crippen LogP contribution in [0.3, 0.4) is 0 Å². The van der Waals surface area contributed by atoms with Gasteiger partial charge in [-0.1, -0.05) is 39.8 Å². The molecule has 3 heteroatoms. The molecule has 1 amide bonds. The van der Waals surface area contributed by atoms with Crippen molar-refractivity contribution in [2.45, 2.75) is 40.0 Å². The summed E-state index contributed by atoms with van der Waals surface area (Å²) in [6.07, 6.45) is 0.464. The van der Waals surface area contributed by atoms with Crippen LogP contribution >= 0.6 is 0 Å². The largest absolute Gasteiger partial charge is 0.330 e. The molecule has 0 atom stereocenters. The standard InChI is InChI=1S/C16H26N2O/c1-12(2)13-6-8-14(9-7-13)18(5)15(19)10-16(3,4)11-17/h6-9,12H,10-11,17H2,1-5H3. The molecule has 0 aliphatic carbocycles. The molecule has 2 N–H and O–H groups in total. The van der Waals surface area contributed by atoms with Gasteiger partial charge in [0, 0.05) is 19.2 Å². The molecule has 19 heavy (non-hydrogen) atoms. The molecule has 0 saturated carbocycles. The Morgan fingerprint density at radius 3 is 2.21 bits per heavy atom. The van der Waals surface area contributed by atoms with Crippen molar-refractivity contribution in [3.8, 4) is 0 Å². The summed E-state index contributed by atoms with van der Waals surface area (Å²) in [6, 6.07) is 8.17. The summed E-state index contributed by atoms with van der Waals surface area (Å²) < 4.78 is 0. The number of nitrogens with zero attached hydrogens (tertiary/aromatic N) is 1. The SMILES string of the molecule is CC(C)c1ccc(N(C)C(=O)CC(C)(C)CN)cc1. The summed E-state index contributed by atoms with van der Waals surface area (Å²) in [5.41, 5.74) is 7.74. The molecule has 0 spiro atoms. The fourth-order valence-electron chi connectivity index (χ4n) is 1.83. The first-order valence-corrected chi connectivity index (χ1v) is 6.83. The molecule has 3 nitrogen and oxygen atoms in total. The minimum absolute atomic E-state index is 0.104. The molecular weight excluding hydrogens is 236 g/mol. The van der Waals surface area contributed by atoms with E-state index in [4.69, 9.17) is 5.73 Å². The lowest BCUT2D eigenvalue weighted by Crippen LogP contribution is -2.34. The summed E-state index contributed by atoms with van der Waals surface area (Å²) in [4.78, 5) is 13.9. The third-order valence-corrected chi connectivity index (χ3v) is 3.50. The Labute approximate surface area is 116 Å². The molecule has 0 saturated heterocycles. The van der Waals surface area contributed by atoms with Crippen molar-refractivity contribution in [2.75, 3.05) is 18.5 Å². The van der Waals surface area contributed by atoms with Gasteiger partial charge in [0.25, 0.3) is 0 Å². The maximum atomic E-state index is 12.2. The highest BCUT2D eigenvalue weighted by Gasteiger charge is 2.23. The molecule has 1 aromatic carbocycles. The fourth-order valence-corrected chi connectivity index (χ4v) is 1.83. The van der Waals surface area contributed by atoms with Gasteiger partial charge in [-0.25, -0.2) is 0 Å². The van der Waals surface area contributed by atoms with Gasteiger partial charge in [0.05, 0.1) is 0 Å². The Bertz CT molecular complexity index is 421. The highest BCUT2D eigenvalue weighted by Crippen LogP contribution is 2.23. The van der Waals surface area contributed by atoms with Gasteiger partial charge in [0.1, 0.15) is 0 Å². The first kappa shape index (κ1) is 15.7. The van der Waals surface area contributed by atoms with E-state index in [1.165, 1.54) is 5.56 Å². The van der Waals surface area contributed by atoms with Crippen molar-refractivity contribution in [1.29, 1.82) is 0 Å². The van der Waals surface area contributed by atoms with Crippen molar-refractivity contribution in [3.05, 3.63) is 29.8 Å². The third kappa shape index (κ3) is 4.35. The lowest BCUT2D eigenvalue weighted by atomic mass is 9.89. The van der Waals surface area contributed by atoms with Gasteiger partial charge in [-0.05, 0) is 35.6 Å². The molecule has 0 bridgehead atoms. The van der Waals surface area contributed by atoms with Gasteiger partial charge in [-0.15, -0.1) is 0 Å². The second kappa shape index (κ2) is 6.20. The van der Waals surface area contributed by atoms with Crippen LogP contribution in [0.25, 0.3) is 0 Å². The minimum Gasteiger partial charge on any atom is -0.330 e. The lowest BCUT2D eigenvalue weighted by Gasteiger charge is -2.25. The zero-order chi connectivity index (χ0) is 14.6. The number of hydrogen-bond donors (Lipinski definition) is 1. The van der Waals surface area contributed by atoms with Crippen LogP contribution in [0.15, 0.2) is 24.3 Å². The smallest absolute Gasteiger partial charge is 0.227 e. The number of carbonyl (C=O) groups excluding carboxylic acids is 1. The molecule has 0 aliphatic rings. The van der Waals surface area contributed by atoms with Crippen molar-refractivity contribution in [3.63, 3.8) is 0 Å². The molecule has 0 radical (unpaired) electrons. The van der Waals surface area contributed by atoms with Crippen molar-refractivity contribution in [2.24, 2.45) is 11.1 Å². The second-order valence-electron chi connectivity index (χ2n) is 6.24. The quantitative estimate of drug-likeness (QED) is 0.886. The van der Waals surface area contributed by atoms with Gasteiger partial charge in [-0.3, -0.25) is 4.79 Å². The number of anilines is 1. The summed E-state index contributed by atoms with van der Waals surface area (Å²) in [5, 5.41) is 0. The van der Waals surface area contributed by atoms with E-state index < -0.39 is 0 Å². The average Bonchev–Trinajstić information content (AvgIpc) is 2.37. The zero-order valence-corrected chi connectivity index (χ0v) is 12.7. The number of rotatable bonds is 5. The fraction of sp³-hybridized carbons (Fsp3) is 0.562. The van der Waals surface area contributed by atoms with Gasteiger partial charge < -0.3 is 10.6 Å². The van der Waals surface area contributed by atoms with Gasteiger partial charge in [0.2, 0.25) is 5.91 Å². The van der Waals surface area contributed by atoms with Crippen molar-refractivity contribution >= 4 is 11.6 Å². The van der Waals surface area contributed by atoms with E-state index in [2.05, 4.69) is 26.0 Å². The molecule has 0 aromatic heterocycles. The Kier molecular flexibility index (Phi) is 5.12. The predicted molar refractivity (Wildman–Crippen MR) is 81.4 cm³/mol. The molecule has 0 aliphatic heterocycles. The zero-order valence-electron chi connectivity index (χ0n) is 12.7. The second-order valence-corrected chi connectivity index (χ2v) is 6.24. The molecule has 0 unspecified atom stereocenters. The summed E-state index contributed by atoms with van der Waals surface area (Å²) >= 11 is 0. The van der Waals surface area contributed by atoms with E-state index in [-0.39, 0.29) is 11.3 Å². The Morgan fingerprint density at radius 1 is 1.26 bits per heavy atom. The van der Waals surface area contributed by atoms with E-state index in [9.17, 15) is 4.79 Å². The molecular formula is C16H26N2O. The number of nitrogens with two attached hydrogens (primary N) is 1. The van der Waals surface area contributed by atoms with Gasteiger partial charge in [0.15, 0.2) is 0 Å². The van der Waals surface area contributed by atoms with Crippen LogP contribution in [0.1, 0.15) is 45.6 Å². The topological polar surface area (TPSA) is 46.3 Å². The van der Waals surface area contributed by atoms with Crippen molar-refractivity contribution < 1.29 is 4.79 Å². The minimum atomic E-state index is -0.150. The normalized spacial score (nSPS) is 11.7. The van der Waals surface area contributed by atoms with E-state index in [0.717, 1.165) is 5.69 Å². The summed E-state index contributed by atoms with van der Waals surface area (Å²) in [7, 11) is 1.82. The number of amides is 1. The number of hydrogen-bond acceptors (Lipinski definition) is 2. The monoisotopic (exact) mass is 262 g/mol. The number of carbonyl (C=O) groups is 1. The molecule has 1 rings (SSSR count). The van der Waals surface area contributed by atoms with E-state index in [1.54, 1.807) is 4.90 Å². The highest BCUT2D eigenvalue weighted by molar-refractivity contribution is 5.93. The van der Waals surface area contributed by atoms with E-state index >= 15 is 0 Å². The first-order chi connectivity index (χ1) is 8.76. The molecule has 0 heterocycles. The average molecular weight is 262 g/mol. The van der Waals surface area contributed by atoms with Crippen LogP contribution in [-0.2, 0) is 4.79 Å². The van der Waals surface area contributed by atoms with Gasteiger partial charge >= 0.3 is 0 Å². The van der Waals surface area contributed by atoms with Crippen LogP contribution in [-0.4, -0.2) is 19.5 Å². The Hall–Kier alpha value is -1.35. The Balaban J connectivity index is 2.77. The maximum absolute atomic E-state index is 12.2. The van der Waals surface area contributed by atoms with E-state index in [0.29, 0.717) is 18.9 Å². The van der Waals surface area contributed by atoms with Crippen LogP contribution < -0.4 is 10.6 Å². The maximum Gasteiger partial charge on any atom is 0.227 e. The predicted octanol–water partition coefficient (Wildman–Crippen LogP) is 3.15. The summed E-state index contributed by atoms with van der Waals surface area (Å²) in [6.45, 7) is 8.86.